The zero-order valence-electron chi connectivity index (χ0n) is 12.2. The molecule has 1 heterocycles. The van der Waals surface area contributed by atoms with Crippen molar-refractivity contribution in [1.82, 2.24) is 4.98 Å². The summed E-state index contributed by atoms with van der Waals surface area (Å²) < 4.78 is 11.0. The average Bonchev–Trinajstić information content (AvgIpc) is 2.82. The summed E-state index contributed by atoms with van der Waals surface area (Å²) in [6.07, 6.45) is 0. The normalized spacial score (nSPS) is 11.0. The highest BCUT2D eigenvalue weighted by Crippen LogP contribution is 2.35. The quantitative estimate of drug-likeness (QED) is 0.705. The van der Waals surface area contributed by atoms with Crippen LogP contribution in [0, 0.1) is 13.8 Å². The van der Waals surface area contributed by atoms with Crippen molar-refractivity contribution in [3.05, 3.63) is 35.4 Å². The maximum Gasteiger partial charge on any atom is 0.227 e. The topological polar surface area (TPSA) is 87.3 Å². The SMILES string of the molecule is COc1c(N)cc(-c2nc3cc(C)c(C)cc3o2)cc1N. The Morgan fingerprint density at radius 3 is 2.24 bits per heavy atom. The standard InChI is InChI=1S/C16H17N3O2/c1-8-4-13-14(5-9(8)2)21-16(19-13)10-6-11(17)15(20-3)12(18)7-10/h4-7H,17-18H2,1-3H3. The van der Waals surface area contributed by atoms with E-state index in [0.717, 1.165) is 16.7 Å². The Morgan fingerprint density at radius 1 is 1.00 bits per heavy atom. The Kier molecular flexibility index (Phi) is 2.97. The Labute approximate surface area is 122 Å². The van der Waals surface area contributed by atoms with Crippen LogP contribution >= 0.6 is 0 Å². The third-order valence-electron chi connectivity index (χ3n) is 3.60. The number of aryl methyl sites for hydroxylation is 2. The first-order chi connectivity index (χ1) is 9.99. The van der Waals surface area contributed by atoms with Gasteiger partial charge in [0, 0.05) is 5.56 Å². The van der Waals surface area contributed by atoms with E-state index in [4.69, 9.17) is 20.6 Å². The van der Waals surface area contributed by atoms with Gasteiger partial charge in [-0.25, -0.2) is 4.98 Å². The lowest BCUT2D eigenvalue weighted by molar-refractivity contribution is 0.419. The molecule has 21 heavy (non-hydrogen) atoms. The molecule has 0 bridgehead atoms. The van der Waals surface area contributed by atoms with Crippen molar-refractivity contribution < 1.29 is 9.15 Å². The molecule has 4 N–H and O–H groups in total. The summed E-state index contributed by atoms with van der Waals surface area (Å²) in [5.41, 5.74) is 17.4. The molecule has 0 aliphatic rings. The zero-order valence-corrected chi connectivity index (χ0v) is 12.2. The van der Waals surface area contributed by atoms with E-state index >= 15 is 0 Å². The van der Waals surface area contributed by atoms with E-state index in [1.165, 1.54) is 18.2 Å². The van der Waals surface area contributed by atoms with Crippen LogP contribution in [0.3, 0.4) is 0 Å². The molecule has 0 spiro atoms. The lowest BCUT2D eigenvalue weighted by Gasteiger charge is -2.08. The molecule has 2 aromatic carbocycles. The second-order valence-electron chi connectivity index (χ2n) is 5.11. The van der Waals surface area contributed by atoms with Crippen LogP contribution in [0.4, 0.5) is 11.4 Å². The molecule has 3 aromatic rings. The largest absolute Gasteiger partial charge is 0.492 e. The zero-order chi connectivity index (χ0) is 15.1. The number of oxazole rings is 1. The number of fused-ring (bicyclic) bond motifs is 1. The summed E-state index contributed by atoms with van der Waals surface area (Å²) in [4.78, 5) is 4.50. The molecule has 108 valence electrons. The summed E-state index contributed by atoms with van der Waals surface area (Å²) in [6.45, 7) is 4.09. The van der Waals surface area contributed by atoms with Gasteiger partial charge in [0.05, 0.1) is 18.5 Å². The number of methoxy groups -OCH3 is 1. The number of hydrogen-bond donors (Lipinski definition) is 2. The van der Waals surface area contributed by atoms with Gasteiger partial charge in [0.25, 0.3) is 0 Å². The molecule has 3 rings (SSSR count). The van der Waals surface area contributed by atoms with Gasteiger partial charge >= 0.3 is 0 Å². The van der Waals surface area contributed by atoms with Gasteiger partial charge < -0.3 is 20.6 Å². The fraction of sp³-hybridized carbons (Fsp3) is 0.188. The molecule has 0 amide bonds. The summed E-state index contributed by atoms with van der Waals surface area (Å²) >= 11 is 0. The molecule has 0 radical (unpaired) electrons. The molecular weight excluding hydrogens is 266 g/mol. The van der Waals surface area contributed by atoms with Crippen molar-refractivity contribution in [2.24, 2.45) is 0 Å². The van der Waals surface area contributed by atoms with Crippen molar-refractivity contribution in [1.29, 1.82) is 0 Å². The minimum atomic E-state index is 0.460. The van der Waals surface area contributed by atoms with Crippen molar-refractivity contribution in [3.63, 3.8) is 0 Å². The molecule has 0 aliphatic heterocycles. The minimum Gasteiger partial charge on any atom is -0.492 e. The molecular formula is C16H17N3O2. The summed E-state index contributed by atoms with van der Waals surface area (Å²) in [5.74, 6) is 0.970. The molecule has 0 fully saturated rings. The van der Waals surface area contributed by atoms with Crippen LogP contribution in [0.2, 0.25) is 0 Å². The Hall–Kier alpha value is -2.69. The van der Waals surface area contributed by atoms with E-state index in [-0.39, 0.29) is 0 Å². The van der Waals surface area contributed by atoms with E-state index in [2.05, 4.69) is 4.98 Å². The van der Waals surface area contributed by atoms with Gasteiger partial charge in [0.15, 0.2) is 11.3 Å². The molecule has 5 heteroatoms. The Bertz CT molecular complexity index is 775. The first-order valence-electron chi connectivity index (χ1n) is 6.60. The number of nitrogens with zero attached hydrogens (tertiary/aromatic N) is 1. The molecule has 5 nitrogen and oxygen atoms in total. The highest BCUT2D eigenvalue weighted by atomic mass is 16.5. The number of ether oxygens (including phenoxy) is 1. The van der Waals surface area contributed by atoms with Gasteiger partial charge in [0.2, 0.25) is 5.89 Å². The van der Waals surface area contributed by atoms with Crippen LogP contribution < -0.4 is 16.2 Å². The van der Waals surface area contributed by atoms with Crippen LogP contribution in [0.15, 0.2) is 28.7 Å². The van der Waals surface area contributed by atoms with E-state index in [1.54, 1.807) is 12.1 Å². The average molecular weight is 283 g/mol. The molecule has 0 atom stereocenters. The number of nitrogen functional groups attached to an aromatic ring is 2. The first kappa shape index (κ1) is 13.3. The van der Waals surface area contributed by atoms with Crippen molar-refractivity contribution in [3.8, 4) is 17.2 Å². The van der Waals surface area contributed by atoms with Crippen LogP contribution in [-0.2, 0) is 0 Å². The summed E-state index contributed by atoms with van der Waals surface area (Å²) in [5, 5.41) is 0. The number of nitrogens with two attached hydrogens (primary N) is 2. The van der Waals surface area contributed by atoms with E-state index < -0.39 is 0 Å². The number of benzene rings is 2. The van der Waals surface area contributed by atoms with E-state index in [9.17, 15) is 0 Å². The highest BCUT2D eigenvalue weighted by molar-refractivity contribution is 5.81. The third-order valence-corrected chi connectivity index (χ3v) is 3.60. The lowest BCUT2D eigenvalue weighted by Crippen LogP contribution is -1.98. The minimum absolute atomic E-state index is 0.460. The van der Waals surface area contributed by atoms with Crippen LogP contribution in [0.1, 0.15) is 11.1 Å². The molecule has 1 aromatic heterocycles. The maximum atomic E-state index is 5.94. The number of rotatable bonds is 2. The summed E-state index contributed by atoms with van der Waals surface area (Å²) in [7, 11) is 1.53. The van der Waals surface area contributed by atoms with Gasteiger partial charge in [-0.1, -0.05) is 0 Å². The van der Waals surface area contributed by atoms with E-state index in [0.29, 0.717) is 23.0 Å². The van der Waals surface area contributed by atoms with Gasteiger partial charge in [-0.3, -0.25) is 0 Å². The molecule has 0 saturated carbocycles. The second-order valence-corrected chi connectivity index (χ2v) is 5.11. The maximum absolute atomic E-state index is 5.94. The van der Waals surface area contributed by atoms with Crippen molar-refractivity contribution in [2.75, 3.05) is 18.6 Å². The first-order valence-corrected chi connectivity index (χ1v) is 6.60. The monoisotopic (exact) mass is 283 g/mol. The van der Waals surface area contributed by atoms with Gasteiger partial charge in [-0.05, 0) is 49.2 Å². The third kappa shape index (κ3) is 2.16. The van der Waals surface area contributed by atoms with Crippen LogP contribution in [0.25, 0.3) is 22.6 Å². The second kappa shape index (κ2) is 4.70. The summed E-state index contributed by atoms with van der Waals surface area (Å²) in [6, 6.07) is 7.49. The molecule has 0 aliphatic carbocycles. The number of aromatic nitrogens is 1. The van der Waals surface area contributed by atoms with Gasteiger partial charge in [-0.2, -0.15) is 0 Å². The molecule has 0 unspecified atom stereocenters. The fourth-order valence-electron chi connectivity index (χ4n) is 2.34. The number of anilines is 2. The highest BCUT2D eigenvalue weighted by Gasteiger charge is 2.13. The van der Waals surface area contributed by atoms with Gasteiger partial charge in [-0.15, -0.1) is 0 Å². The lowest BCUT2D eigenvalue weighted by atomic mass is 10.1. The van der Waals surface area contributed by atoms with Crippen molar-refractivity contribution >= 4 is 22.5 Å². The molecule has 0 saturated heterocycles. The van der Waals surface area contributed by atoms with Crippen LogP contribution in [-0.4, -0.2) is 12.1 Å². The van der Waals surface area contributed by atoms with E-state index in [1.807, 2.05) is 26.0 Å². The predicted molar refractivity (Wildman–Crippen MR) is 84.3 cm³/mol. The fourth-order valence-corrected chi connectivity index (χ4v) is 2.34. The number of hydrogen-bond acceptors (Lipinski definition) is 5. The Balaban J connectivity index is 2.16. The Morgan fingerprint density at radius 2 is 1.62 bits per heavy atom. The predicted octanol–water partition coefficient (Wildman–Crippen LogP) is 3.28. The van der Waals surface area contributed by atoms with Crippen molar-refractivity contribution in [2.45, 2.75) is 13.8 Å². The van der Waals surface area contributed by atoms with Gasteiger partial charge in [0.1, 0.15) is 5.52 Å². The van der Waals surface area contributed by atoms with Crippen LogP contribution in [0.5, 0.6) is 5.75 Å². The smallest absolute Gasteiger partial charge is 0.227 e.